The lowest BCUT2D eigenvalue weighted by atomic mass is 10.1. The Morgan fingerprint density at radius 1 is 1.29 bits per heavy atom. The largest absolute Gasteiger partial charge is 0.405 e. The summed E-state index contributed by atoms with van der Waals surface area (Å²) in [6, 6.07) is 9.49. The second-order valence-electron chi connectivity index (χ2n) is 4.88. The Kier molecular flexibility index (Phi) is 6.07. The van der Waals surface area contributed by atoms with Gasteiger partial charge in [0.25, 0.3) is 0 Å². The summed E-state index contributed by atoms with van der Waals surface area (Å²) in [4.78, 5) is 23.1. The van der Waals surface area contributed by atoms with Crippen LogP contribution < -0.4 is 11.0 Å². The minimum atomic E-state index is -4.45. The van der Waals surface area contributed by atoms with Crippen LogP contribution in [0, 0.1) is 0 Å². The Morgan fingerprint density at radius 3 is 2.67 bits per heavy atom. The number of amides is 1. The fourth-order valence-corrected chi connectivity index (χ4v) is 2.68. The molecule has 1 aromatic heterocycles. The van der Waals surface area contributed by atoms with Gasteiger partial charge < -0.3 is 5.32 Å². The summed E-state index contributed by atoms with van der Waals surface area (Å²) < 4.78 is 37.4. The topological polar surface area (TPSA) is 79.8 Å². The summed E-state index contributed by atoms with van der Waals surface area (Å²) in [7, 11) is 0. The van der Waals surface area contributed by atoms with Gasteiger partial charge in [-0.1, -0.05) is 42.1 Å². The molecule has 24 heavy (non-hydrogen) atoms. The van der Waals surface area contributed by atoms with Crippen LogP contribution in [0.4, 0.5) is 13.2 Å². The van der Waals surface area contributed by atoms with Crippen molar-refractivity contribution in [3.8, 4) is 0 Å². The average Bonchev–Trinajstić information content (AvgIpc) is 2.89. The van der Waals surface area contributed by atoms with Crippen molar-refractivity contribution in [2.24, 2.45) is 0 Å². The predicted octanol–water partition coefficient (Wildman–Crippen LogP) is 1.58. The Morgan fingerprint density at radius 2 is 2.00 bits per heavy atom. The van der Waals surface area contributed by atoms with Gasteiger partial charge in [-0.05, 0) is 12.0 Å². The fourth-order valence-electron chi connectivity index (χ4n) is 1.88. The fraction of sp³-hybridized carbons (Fsp3) is 0.357. The van der Waals surface area contributed by atoms with E-state index in [1.165, 1.54) is 4.57 Å². The van der Waals surface area contributed by atoms with Gasteiger partial charge in [0.15, 0.2) is 5.16 Å². The molecule has 0 fully saturated rings. The summed E-state index contributed by atoms with van der Waals surface area (Å²) in [5.41, 5.74) is 0.605. The minimum absolute atomic E-state index is 0.258. The van der Waals surface area contributed by atoms with Gasteiger partial charge in [0.05, 0.1) is 5.75 Å². The van der Waals surface area contributed by atoms with Gasteiger partial charge in [-0.25, -0.2) is 9.89 Å². The standard InChI is InChI=1S/C14H15F3N4O2S/c15-14(16,17)9-18-11(22)8-24-13-20-19-12(23)21(13)7-6-10-4-2-1-3-5-10/h1-5H,6-9H2,(H,18,22)(H,19,23). The zero-order valence-electron chi connectivity index (χ0n) is 12.5. The van der Waals surface area contributed by atoms with Crippen LogP contribution in [0.15, 0.2) is 40.3 Å². The van der Waals surface area contributed by atoms with Gasteiger partial charge in [-0.3, -0.25) is 9.36 Å². The number of alkyl halides is 3. The number of hydrogen-bond acceptors (Lipinski definition) is 4. The first-order valence-corrected chi connectivity index (χ1v) is 7.99. The highest BCUT2D eigenvalue weighted by Gasteiger charge is 2.27. The molecule has 0 aliphatic carbocycles. The molecule has 0 bridgehead atoms. The van der Waals surface area contributed by atoms with Crippen LogP contribution in [0.25, 0.3) is 0 Å². The van der Waals surface area contributed by atoms with Crippen LogP contribution in [0.2, 0.25) is 0 Å². The van der Waals surface area contributed by atoms with Crippen molar-refractivity contribution in [3.05, 3.63) is 46.4 Å². The summed E-state index contributed by atoms with van der Waals surface area (Å²) >= 11 is 0.903. The Hall–Kier alpha value is -2.23. The molecule has 0 aliphatic rings. The molecule has 0 radical (unpaired) electrons. The van der Waals surface area contributed by atoms with Crippen molar-refractivity contribution in [1.82, 2.24) is 20.1 Å². The van der Waals surface area contributed by atoms with Crippen molar-refractivity contribution in [3.63, 3.8) is 0 Å². The molecule has 0 aliphatic heterocycles. The number of nitrogens with one attached hydrogen (secondary N) is 2. The molecule has 2 rings (SSSR count). The maximum atomic E-state index is 12.0. The molecule has 1 heterocycles. The van der Waals surface area contributed by atoms with E-state index in [4.69, 9.17) is 0 Å². The third kappa shape index (κ3) is 5.76. The Bertz CT molecular complexity index is 728. The number of aryl methyl sites for hydroxylation is 1. The van der Waals surface area contributed by atoms with Crippen LogP contribution in [0.5, 0.6) is 0 Å². The summed E-state index contributed by atoms with van der Waals surface area (Å²) in [6.07, 6.45) is -3.86. The molecule has 0 saturated carbocycles. The van der Waals surface area contributed by atoms with Crippen LogP contribution in [-0.4, -0.2) is 39.1 Å². The van der Waals surface area contributed by atoms with Crippen LogP contribution in [0.1, 0.15) is 5.56 Å². The molecule has 2 N–H and O–H groups in total. The number of nitrogens with zero attached hydrogens (tertiary/aromatic N) is 2. The SMILES string of the molecule is O=C(CSc1n[nH]c(=O)n1CCc1ccccc1)NCC(F)(F)F. The number of H-pyrrole nitrogens is 1. The lowest BCUT2D eigenvalue weighted by molar-refractivity contribution is -0.136. The van der Waals surface area contributed by atoms with E-state index < -0.39 is 24.3 Å². The molecule has 6 nitrogen and oxygen atoms in total. The van der Waals surface area contributed by atoms with Gasteiger partial charge in [-0.15, -0.1) is 5.10 Å². The highest BCUT2D eigenvalue weighted by molar-refractivity contribution is 7.99. The van der Waals surface area contributed by atoms with Crippen molar-refractivity contribution < 1.29 is 18.0 Å². The smallest absolute Gasteiger partial charge is 0.346 e. The van der Waals surface area contributed by atoms with Gasteiger partial charge in [0.2, 0.25) is 5.91 Å². The van der Waals surface area contributed by atoms with E-state index in [0.717, 1.165) is 17.3 Å². The average molecular weight is 360 g/mol. The second-order valence-corrected chi connectivity index (χ2v) is 5.82. The maximum Gasteiger partial charge on any atom is 0.405 e. The summed E-state index contributed by atoms with van der Waals surface area (Å²) in [5, 5.41) is 8.10. The number of halogens is 3. The predicted molar refractivity (Wildman–Crippen MR) is 82.8 cm³/mol. The zero-order chi connectivity index (χ0) is 17.6. The second kappa shape index (κ2) is 8.04. The molecule has 0 spiro atoms. The first kappa shape index (κ1) is 18.1. The van der Waals surface area contributed by atoms with E-state index in [2.05, 4.69) is 10.2 Å². The van der Waals surface area contributed by atoms with Gasteiger partial charge in [-0.2, -0.15) is 13.2 Å². The van der Waals surface area contributed by atoms with E-state index in [9.17, 15) is 22.8 Å². The van der Waals surface area contributed by atoms with Crippen LogP contribution in [-0.2, 0) is 17.8 Å². The van der Waals surface area contributed by atoms with Crippen molar-refractivity contribution in [1.29, 1.82) is 0 Å². The van der Waals surface area contributed by atoms with Crippen molar-refractivity contribution in [2.75, 3.05) is 12.3 Å². The molecule has 0 atom stereocenters. The van der Waals surface area contributed by atoms with Crippen molar-refractivity contribution >= 4 is 17.7 Å². The highest BCUT2D eigenvalue weighted by atomic mass is 32.2. The number of hydrogen-bond donors (Lipinski definition) is 2. The Balaban J connectivity index is 1.90. The number of aromatic nitrogens is 3. The molecule has 0 saturated heterocycles. The van der Waals surface area contributed by atoms with Crippen LogP contribution in [0.3, 0.4) is 0 Å². The van der Waals surface area contributed by atoms with Gasteiger partial charge in [0, 0.05) is 6.54 Å². The quantitative estimate of drug-likeness (QED) is 0.735. The minimum Gasteiger partial charge on any atom is -0.346 e. The number of aromatic amines is 1. The molecule has 0 unspecified atom stereocenters. The van der Waals surface area contributed by atoms with E-state index in [0.29, 0.717) is 13.0 Å². The first-order valence-electron chi connectivity index (χ1n) is 7.00. The normalized spacial score (nSPS) is 11.5. The monoisotopic (exact) mass is 360 g/mol. The van der Waals surface area contributed by atoms with E-state index in [1.54, 1.807) is 5.32 Å². The third-order valence-electron chi connectivity index (χ3n) is 3.01. The molecule has 1 aromatic carbocycles. The molecular weight excluding hydrogens is 345 g/mol. The molecular formula is C14H15F3N4O2S. The first-order chi connectivity index (χ1) is 11.3. The number of benzene rings is 1. The van der Waals surface area contributed by atoms with E-state index in [-0.39, 0.29) is 10.9 Å². The molecule has 10 heteroatoms. The highest BCUT2D eigenvalue weighted by Crippen LogP contribution is 2.15. The lowest BCUT2D eigenvalue weighted by Crippen LogP contribution is -2.34. The number of thioether (sulfide) groups is 1. The Labute approximate surface area is 139 Å². The van der Waals surface area contributed by atoms with Crippen molar-refractivity contribution in [2.45, 2.75) is 24.3 Å². The summed E-state index contributed by atoms with van der Waals surface area (Å²) in [6.45, 7) is -1.03. The zero-order valence-corrected chi connectivity index (χ0v) is 13.3. The lowest BCUT2D eigenvalue weighted by Gasteiger charge is -2.08. The van der Waals surface area contributed by atoms with Crippen LogP contribution >= 0.6 is 11.8 Å². The number of carbonyl (C=O) groups is 1. The van der Waals surface area contributed by atoms with Gasteiger partial charge in [0.1, 0.15) is 6.54 Å². The molecule has 130 valence electrons. The number of carbonyl (C=O) groups excluding carboxylic acids is 1. The third-order valence-corrected chi connectivity index (χ3v) is 3.98. The van der Waals surface area contributed by atoms with E-state index in [1.807, 2.05) is 30.3 Å². The molecule has 2 aromatic rings. The summed E-state index contributed by atoms with van der Waals surface area (Å²) in [5.74, 6) is -1.03. The van der Waals surface area contributed by atoms with E-state index >= 15 is 0 Å². The molecule has 1 amide bonds. The van der Waals surface area contributed by atoms with Gasteiger partial charge >= 0.3 is 11.9 Å². The number of rotatable bonds is 7. The maximum absolute atomic E-state index is 12.0.